The van der Waals surface area contributed by atoms with Crippen LogP contribution in [0.15, 0.2) is 52.3 Å². The maximum Gasteiger partial charge on any atom is 0.490 e. The van der Waals surface area contributed by atoms with Crippen molar-refractivity contribution < 1.29 is 23.1 Å². The number of halogens is 3. The Balaban J connectivity index is 0.000000345. The summed E-state index contributed by atoms with van der Waals surface area (Å²) in [5, 5.41) is 10.6. The van der Waals surface area contributed by atoms with Crippen LogP contribution in [0.25, 0.3) is 0 Å². The molecule has 1 saturated heterocycles. The van der Waals surface area contributed by atoms with Crippen molar-refractivity contribution in [1.82, 2.24) is 5.32 Å². The summed E-state index contributed by atoms with van der Waals surface area (Å²) in [6, 6.07) is 15.7. The number of carboxylic acid groups (broad SMARTS) is 1. The molecule has 1 fully saturated rings. The fraction of sp³-hybridized carbons (Fsp3) is 0.381. The predicted molar refractivity (Wildman–Crippen MR) is 105 cm³/mol. The lowest BCUT2D eigenvalue weighted by molar-refractivity contribution is -0.192. The van der Waals surface area contributed by atoms with Gasteiger partial charge in [0.15, 0.2) is 0 Å². The van der Waals surface area contributed by atoms with E-state index in [2.05, 4.69) is 61.6 Å². The maximum atomic E-state index is 10.6. The van der Waals surface area contributed by atoms with Crippen molar-refractivity contribution in [3.8, 4) is 0 Å². The number of aryl methyl sites for hydroxylation is 2. The van der Waals surface area contributed by atoms with E-state index in [1.807, 2.05) is 11.8 Å². The Morgan fingerprint density at radius 1 is 1.07 bits per heavy atom. The normalized spacial score (nSPS) is 14.9. The number of nitrogens with one attached hydrogen (secondary N) is 1. The average Bonchev–Trinajstić information content (AvgIpc) is 2.66. The minimum Gasteiger partial charge on any atom is -0.475 e. The van der Waals surface area contributed by atoms with Crippen molar-refractivity contribution in [2.24, 2.45) is 0 Å². The molecule has 1 aliphatic rings. The zero-order valence-electron chi connectivity index (χ0n) is 15.8. The van der Waals surface area contributed by atoms with E-state index in [1.54, 1.807) is 0 Å². The van der Waals surface area contributed by atoms with E-state index < -0.39 is 12.1 Å². The number of aliphatic carboxylic acids is 1. The van der Waals surface area contributed by atoms with Crippen LogP contribution >= 0.6 is 11.8 Å². The summed E-state index contributed by atoms with van der Waals surface area (Å²) >= 11 is 1.91. The van der Waals surface area contributed by atoms with E-state index in [-0.39, 0.29) is 0 Å². The summed E-state index contributed by atoms with van der Waals surface area (Å²) < 4.78 is 31.7. The van der Waals surface area contributed by atoms with Gasteiger partial charge in [0.2, 0.25) is 0 Å². The van der Waals surface area contributed by atoms with Gasteiger partial charge >= 0.3 is 12.1 Å². The standard InChI is InChI=1S/C19H23NS.C2HF3O2/c1-14-7-8-17(13-15(14)2)21-19-6-4-3-5-18(19)16-9-11-20-12-10-16;3-2(4,5)1(6)7/h3-8,13,16,20H,9-12H2,1-2H3;(H,6,7). The quantitative estimate of drug-likeness (QED) is 0.695. The highest BCUT2D eigenvalue weighted by Crippen LogP contribution is 2.37. The number of hydrogen-bond donors (Lipinski definition) is 2. The van der Waals surface area contributed by atoms with Crippen LogP contribution in [-0.2, 0) is 4.79 Å². The first kappa shape index (κ1) is 22.3. The highest BCUT2D eigenvalue weighted by molar-refractivity contribution is 7.99. The third-order valence-electron chi connectivity index (χ3n) is 4.65. The molecule has 2 N–H and O–H groups in total. The molecule has 0 amide bonds. The van der Waals surface area contributed by atoms with Crippen LogP contribution < -0.4 is 5.32 Å². The molecule has 152 valence electrons. The number of rotatable bonds is 3. The van der Waals surface area contributed by atoms with Crippen LogP contribution in [0.1, 0.15) is 35.4 Å². The molecule has 1 heterocycles. The van der Waals surface area contributed by atoms with Gasteiger partial charge in [0, 0.05) is 9.79 Å². The molecule has 1 aliphatic heterocycles. The fourth-order valence-corrected chi connectivity index (χ4v) is 4.07. The molecule has 0 radical (unpaired) electrons. The van der Waals surface area contributed by atoms with Crippen LogP contribution in [0.4, 0.5) is 13.2 Å². The van der Waals surface area contributed by atoms with Gasteiger partial charge in [-0.25, -0.2) is 4.79 Å². The van der Waals surface area contributed by atoms with E-state index in [0.717, 1.165) is 13.1 Å². The summed E-state index contributed by atoms with van der Waals surface area (Å²) in [5.41, 5.74) is 4.27. The molecule has 3 nitrogen and oxygen atoms in total. The van der Waals surface area contributed by atoms with Crippen molar-refractivity contribution in [1.29, 1.82) is 0 Å². The Morgan fingerprint density at radius 2 is 1.68 bits per heavy atom. The summed E-state index contributed by atoms with van der Waals surface area (Å²) in [6.07, 6.45) is -2.57. The van der Waals surface area contributed by atoms with E-state index in [9.17, 15) is 13.2 Å². The van der Waals surface area contributed by atoms with E-state index in [0.29, 0.717) is 5.92 Å². The Labute approximate surface area is 167 Å². The van der Waals surface area contributed by atoms with Gasteiger partial charge in [0.1, 0.15) is 0 Å². The average molecular weight is 411 g/mol. The number of carbonyl (C=O) groups is 1. The first-order valence-corrected chi connectivity index (χ1v) is 9.85. The fourth-order valence-electron chi connectivity index (χ4n) is 2.95. The van der Waals surface area contributed by atoms with Crippen LogP contribution in [0.2, 0.25) is 0 Å². The summed E-state index contributed by atoms with van der Waals surface area (Å²) in [6.45, 7) is 6.66. The molecule has 7 heteroatoms. The second-order valence-electron chi connectivity index (χ2n) is 6.71. The Hall–Kier alpha value is -1.99. The van der Waals surface area contributed by atoms with E-state index >= 15 is 0 Å². The maximum absolute atomic E-state index is 10.6. The lowest BCUT2D eigenvalue weighted by Crippen LogP contribution is -2.26. The number of alkyl halides is 3. The Kier molecular flexibility index (Phi) is 7.95. The van der Waals surface area contributed by atoms with Gasteiger partial charge in [0.05, 0.1) is 0 Å². The molecule has 0 bridgehead atoms. The highest BCUT2D eigenvalue weighted by Gasteiger charge is 2.38. The molecular weight excluding hydrogens is 387 g/mol. The third-order valence-corrected chi connectivity index (χ3v) is 5.73. The first-order valence-electron chi connectivity index (χ1n) is 9.03. The smallest absolute Gasteiger partial charge is 0.475 e. The van der Waals surface area contributed by atoms with Gasteiger partial charge in [-0.1, -0.05) is 36.0 Å². The van der Waals surface area contributed by atoms with Crippen LogP contribution in [-0.4, -0.2) is 30.3 Å². The van der Waals surface area contributed by atoms with E-state index in [4.69, 9.17) is 9.90 Å². The molecule has 2 aromatic carbocycles. The van der Waals surface area contributed by atoms with Crippen molar-refractivity contribution in [2.45, 2.75) is 48.6 Å². The van der Waals surface area contributed by atoms with Gasteiger partial charge < -0.3 is 10.4 Å². The Bertz CT molecular complexity index is 802. The number of hydrogen-bond acceptors (Lipinski definition) is 3. The molecule has 0 unspecified atom stereocenters. The molecule has 0 aromatic heterocycles. The van der Waals surface area contributed by atoms with Gasteiger partial charge in [-0.15, -0.1) is 0 Å². The SMILES string of the molecule is Cc1ccc(Sc2ccccc2C2CCNCC2)cc1C.O=C(O)C(F)(F)F. The number of carboxylic acids is 1. The van der Waals surface area contributed by atoms with Gasteiger partial charge in [-0.3, -0.25) is 0 Å². The highest BCUT2D eigenvalue weighted by atomic mass is 32.2. The summed E-state index contributed by atoms with van der Waals surface area (Å²) in [5.74, 6) is -2.05. The van der Waals surface area contributed by atoms with E-state index in [1.165, 1.54) is 39.3 Å². The van der Waals surface area contributed by atoms with Crippen LogP contribution in [0.3, 0.4) is 0 Å². The lowest BCUT2D eigenvalue weighted by Gasteiger charge is -2.25. The van der Waals surface area contributed by atoms with Crippen LogP contribution in [0, 0.1) is 13.8 Å². The minimum atomic E-state index is -5.08. The second-order valence-corrected chi connectivity index (χ2v) is 7.83. The first-order chi connectivity index (χ1) is 13.2. The second kappa shape index (κ2) is 9.98. The van der Waals surface area contributed by atoms with Crippen molar-refractivity contribution in [3.05, 3.63) is 59.2 Å². The molecule has 0 aliphatic carbocycles. The lowest BCUT2D eigenvalue weighted by atomic mass is 9.90. The Morgan fingerprint density at radius 3 is 2.25 bits per heavy atom. The number of piperidine rings is 1. The van der Waals surface area contributed by atoms with Gasteiger partial charge in [-0.2, -0.15) is 13.2 Å². The molecular formula is C21H24F3NO2S. The summed E-state index contributed by atoms with van der Waals surface area (Å²) in [7, 11) is 0. The zero-order valence-corrected chi connectivity index (χ0v) is 16.7. The van der Waals surface area contributed by atoms with Crippen molar-refractivity contribution in [2.75, 3.05) is 13.1 Å². The van der Waals surface area contributed by atoms with Gasteiger partial charge in [-0.05, 0) is 80.6 Å². The molecule has 0 saturated carbocycles. The molecule has 3 rings (SSSR count). The summed E-state index contributed by atoms with van der Waals surface area (Å²) in [4.78, 5) is 11.7. The third kappa shape index (κ3) is 6.56. The molecule has 0 spiro atoms. The van der Waals surface area contributed by atoms with Crippen LogP contribution in [0.5, 0.6) is 0 Å². The minimum absolute atomic E-state index is 0.710. The number of benzene rings is 2. The largest absolute Gasteiger partial charge is 0.490 e. The zero-order chi connectivity index (χ0) is 20.7. The topological polar surface area (TPSA) is 49.3 Å². The molecule has 2 aromatic rings. The molecule has 0 atom stereocenters. The van der Waals surface area contributed by atoms with Gasteiger partial charge in [0.25, 0.3) is 0 Å². The monoisotopic (exact) mass is 411 g/mol. The predicted octanol–water partition coefficient (Wildman–Crippen LogP) is 5.55. The van der Waals surface area contributed by atoms with Crippen molar-refractivity contribution in [3.63, 3.8) is 0 Å². The van der Waals surface area contributed by atoms with Crippen molar-refractivity contribution >= 4 is 17.7 Å². The molecule has 28 heavy (non-hydrogen) atoms.